The highest BCUT2D eigenvalue weighted by atomic mass is 35.5. The molecule has 0 aromatic heterocycles. The van der Waals surface area contributed by atoms with Gasteiger partial charge in [-0.05, 0) is 52.1 Å². The summed E-state index contributed by atoms with van der Waals surface area (Å²) in [5.41, 5.74) is -0.169. The summed E-state index contributed by atoms with van der Waals surface area (Å²) in [6.07, 6.45) is 9.28. The topological polar surface area (TPSA) is 59.6 Å². The Bertz CT molecular complexity index is 429. The average molecular weight is 375 g/mol. The first kappa shape index (κ1) is 20.9. The van der Waals surface area contributed by atoms with Crippen LogP contribution in [-0.2, 0) is 14.3 Å². The number of halogens is 1. The van der Waals surface area contributed by atoms with Crippen molar-refractivity contribution in [1.82, 2.24) is 10.6 Å². The minimum atomic E-state index is -0.355. The van der Waals surface area contributed by atoms with Gasteiger partial charge in [0.25, 0.3) is 0 Å². The minimum Gasteiger partial charge on any atom is -0.384 e. The lowest BCUT2D eigenvalue weighted by Gasteiger charge is -2.58. The molecule has 1 saturated heterocycles. The third-order valence-corrected chi connectivity index (χ3v) is 6.71. The number of hydrogen-bond acceptors (Lipinski definition) is 4. The highest BCUT2D eigenvalue weighted by Crippen LogP contribution is 2.53. The molecule has 0 aromatic carbocycles. The van der Waals surface area contributed by atoms with Gasteiger partial charge in [0.15, 0.2) is 0 Å². The van der Waals surface area contributed by atoms with E-state index in [-0.39, 0.29) is 35.2 Å². The number of nitrogens with one attached hydrogen (secondary N) is 2. The molecule has 25 heavy (non-hydrogen) atoms. The molecule has 3 aliphatic rings. The third kappa shape index (κ3) is 4.00. The highest BCUT2D eigenvalue weighted by molar-refractivity contribution is 5.85. The van der Waals surface area contributed by atoms with Crippen molar-refractivity contribution in [3.63, 3.8) is 0 Å². The molecular formula is C19H35ClN2O3. The second-order valence-corrected chi connectivity index (χ2v) is 7.96. The quantitative estimate of drug-likeness (QED) is 0.750. The van der Waals surface area contributed by atoms with Crippen molar-refractivity contribution in [2.45, 2.75) is 70.4 Å². The van der Waals surface area contributed by atoms with E-state index in [2.05, 4.69) is 17.6 Å². The van der Waals surface area contributed by atoms with Crippen LogP contribution in [0.15, 0.2) is 0 Å². The van der Waals surface area contributed by atoms with Gasteiger partial charge in [0.05, 0.1) is 18.1 Å². The molecule has 0 radical (unpaired) electrons. The molecule has 2 N–H and O–H groups in total. The van der Waals surface area contributed by atoms with Crippen molar-refractivity contribution in [3.8, 4) is 0 Å². The zero-order chi connectivity index (χ0) is 17.0. The van der Waals surface area contributed by atoms with Crippen LogP contribution in [0.3, 0.4) is 0 Å². The van der Waals surface area contributed by atoms with Crippen LogP contribution < -0.4 is 10.6 Å². The van der Waals surface area contributed by atoms with Crippen molar-refractivity contribution in [3.05, 3.63) is 0 Å². The highest BCUT2D eigenvalue weighted by Gasteiger charge is 2.57. The normalized spacial score (nSPS) is 30.2. The van der Waals surface area contributed by atoms with Crippen molar-refractivity contribution < 1.29 is 14.3 Å². The Hall–Kier alpha value is -0.360. The lowest BCUT2D eigenvalue weighted by Crippen LogP contribution is -2.67. The first-order chi connectivity index (χ1) is 11.7. The van der Waals surface area contributed by atoms with Crippen LogP contribution in [-0.4, -0.2) is 51.5 Å². The molecule has 146 valence electrons. The van der Waals surface area contributed by atoms with E-state index in [1.54, 1.807) is 7.11 Å². The summed E-state index contributed by atoms with van der Waals surface area (Å²) < 4.78 is 11.4. The number of hydrogen-bond donors (Lipinski definition) is 2. The van der Waals surface area contributed by atoms with Crippen LogP contribution in [0.5, 0.6) is 0 Å². The molecular weight excluding hydrogens is 340 g/mol. The maximum atomic E-state index is 13.1. The summed E-state index contributed by atoms with van der Waals surface area (Å²) in [6.45, 7) is 5.16. The number of carbonyl (C=O) groups is 1. The second kappa shape index (κ2) is 9.03. The molecule has 2 saturated carbocycles. The smallest absolute Gasteiger partial charge is 0.228 e. The number of piperidine rings is 1. The Kier molecular flexibility index (Phi) is 7.56. The maximum Gasteiger partial charge on any atom is 0.228 e. The minimum absolute atomic E-state index is 0. The summed E-state index contributed by atoms with van der Waals surface area (Å²) in [5.74, 6) is 0.204. The van der Waals surface area contributed by atoms with Crippen LogP contribution in [0.1, 0.15) is 58.3 Å². The summed E-state index contributed by atoms with van der Waals surface area (Å²) in [4.78, 5) is 13.1. The van der Waals surface area contributed by atoms with Crippen LogP contribution in [0, 0.1) is 10.8 Å². The molecule has 5 nitrogen and oxygen atoms in total. The molecule has 2 atom stereocenters. The Balaban J connectivity index is 0.00000225. The molecule has 0 aromatic rings. The van der Waals surface area contributed by atoms with E-state index in [9.17, 15) is 4.79 Å². The van der Waals surface area contributed by atoms with E-state index >= 15 is 0 Å². The van der Waals surface area contributed by atoms with Crippen LogP contribution in [0.25, 0.3) is 0 Å². The predicted molar refractivity (Wildman–Crippen MR) is 101 cm³/mol. The first-order valence-corrected chi connectivity index (χ1v) is 9.79. The Morgan fingerprint density at radius 3 is 2.44 bits per heavy atom. The zero-order valence-electron chi connectivity index (χ0n) is 15.8. The van der Waals surface area contributed by atoms with Gasteiger partial charge in [-0.25, -0.2) is 0 Å². The van der Waals surface area contributed by atoms with Gasteiger partial charge < -0.3 is 20.1 Å². The first-order valence-electron chi connectivity index (χ1n) is 9.79. The van der Waals surface area contributed by atoms with Gasteiger partial charge in [-0.2, -0.15) is 0 Å². The molecule has 1 heterocycles. The molecule has 3 rings (SSSR count). The van der Waals surface area contributed by atoms with Crippen molar-refractivity contribution in [2.24, 2.45) is 10.8 Å². The standard InChI is InChI=1S/C19H34N2O3.ClH/c1-3-24-16-13-15(19(16)7-5-4-6-8-19)21-17(22)18(14-23-2)9-11-20-12-10-18;/h15-16,20H,3-14H2,1-2H3,(H,21,22);1H. The molecule has 2 unspecified atom stereocenters. The lowest BCUT2D eigenvalue weighted by atomic mass is 9.55. The van der Waals surface area contributed by atoms with E-state index in [4.69, 9.17) is 9.47 Å². The molecule has 6 heteroatoms. The number of carbonyl (C=O) groups excluding carboxylic acids is 1. The van der Waals surface area contributed by atoms with Crippen molar-refractivity contribution >= 4 is 18.3 Å². The fourth-order valence-electron chi connectivity index (χ4n) is 5.20. The fraction of sp³-hybridized carbons (Fsp3) is 0.947. The summed E-state index contributed by atoms with van der Waals surface area (Å²) >= 11 is 0. The van der Waals surface area contributed by atoms with Gasteiger partial charge in [0.2, 0.25) is 5.91 Å². The maximum absolute atomic E-state index is 13.1. The number of amides is 1. The molecule has 1 aliphatic heterocycles. The van der Waals surface area contributed by atoms with E-state index in [0.717, 1.165) is 39.0 Å². The third-order valence-electron chi connectivity index (χ3n) is 6.71. The average Bonchev–Trinajstić information content (AvgIpc) is 2.62. The molecule has 1 amide bonds. The van der Waals surface area contributed by atoms with E-state index in [1.165, 1.54) is 32.1 Å². The zero-order valence-corrected chi connectivity index (χ0v) is 16.6. The van der Waals surface area contributed by atoms with Crippen molar-refractivity contribution in [2.75, 3.05) is 33.4 Å². The van der Waals surface area contributed by atoms with Gasteiger partial charge >= 0.3 is 0 Å². The predicted octanol–water partition coefficient (Wildman–Crippen LogP) is 2.67. The molecule has 3 fully saturated rings. The largest absolute Gasteiger partial charge is 0.384 e. The van der Waals surface area contributed by atoms with Gasteiger partial charge in [0, 0.05) is 25.2 Å². The summed E-state index contributed by atoms with van der Waals surface area (Å²) in [5, 5.41) is 6.79. The molecule has 1 spiro atoms. The fourth-order valence-corrected chi connectivity index (χ4v) is 5.20. The van der Waals surface area contributed by atoms with Crippen LogP contribution in [0.4, 0.5) is 0 Å². The van der Waals surface area contributed by atoms with Gasteiger partial charge in [-0.3, -0.25) is 4.79 Å². The Morgan fingerprint density at radius 2 is 1.84 bits per heavy atom. The summed E-state index contributed by atoms with van der Waals surface area (Å²) in [7, 11) is 1.70. The Labute approximate surface area is 158 Å². The van der Waals surface area contributed by atoms with E-state index in [0.29, 0.717) is 12.7 Å². The van der Waals surface area contributed by atoms with Gasteiger partial charge in [-0.1, -0.05) is 19.3 Å². The van der Waals surface area contributed by atoms with Crippen molar-refractivity contribution in [1.29, 1.82) is 0 Å². The Morgan fingerprint density at radius 1 is 1.16 bits per heavy atom. The number of rotatable bonds is 6. The monoisotopic (exact) mass is 374 g/mol. The molecule has 0 bridgehead atoms. The number of methoxy groups -OCH3 is 1. The number of ether oxygens (including phenoxy) is 2. The van der Waals surface area contributed by atoms with Gasteiger partial charge in [0.1, 0.15) is 0 Å². The molecule has 2 aliphatic carbocycles. The summed E-state index contributed by atoms with van der Waals surface area (Å²) in [6, 6.07) is 0.283. The van der Waals surface area contributed by atoms with E-state index < -0.39 is 0 Å². The van der Waals surface area contributed by atoms with Crippen LogP contribution >= 0.6 is 12.4 Å². The lowest BCUT2D eigenvalue weighted by molar-refractivity contribution is -0.163. The van der Waals surface area contributed by atoms with E-state index in [1.807, 2.05) is 0 Å². The van der Waals surface area contributed by atoms with Crippen LogP contribution in [0.2, 0.25) is 0 Å². The second-order valence-electron chi connectivity index (χ2n) is 7.96. The SMILES string of the molecule is CCOC1CC(NC(=O)C2(COC)CCNCC2)C12CCCCC2.Cl. The van der Waals surface area contributed by atoms with Gasteiger partial charge in [-0.15, -0.1) is 12.4 Å².